The van der Waals surface area contributed by atoms with Crippen LogP contribution in [0, 0.1) is 11.8 Å². The molecular weight excluding hydrogens is 238 g/mol. The molecule has 0 rings (SSSR count). The van der Waals surface area contributed by atoms with Crippen LogP contribution < -0.4 is 5.73 Å². The van der Waals surface area contributed by atoms with Crippen molar-refractivity contribution >= 4 is 5.91 Å². The first-order valence-electron chi connectivity index (χ1n) is 8.07. The van der Waals surface area contributed by atoms with E-state index < -0.39 is 0 Å². The molecule has 0 aliphatic heterocycles. The van der Waals surface area contributed by atoms with Gasteiger partial charge in [0.1, 0.15) is 0 Å². The van der Waals surface area contributed by atoms with Crippen LogP contribution in [0.15, 0.2) is 0 Å². The molecule has 0 aromatic rings. The number of nitrogens with two attached hydrogens (primary N) is 1. The van der Waals surface area contributed by atoms with Gasteiger partial charge in [0.05, 0.1) is 0 Å². The monoisotopic (exact) mass is 271 g/mol. The van der Waals surface area contributed by atoms with Crippen molar-refractivity contribution in [3.05, 3.63) is 0 Å². The Morgan fingerprint density at radius 1 is 1.00 bits per heavy atom. The van der Waals surface area contributed by atoms with Crippen LogP contribution in [-0.4, -0.2) is 17.6 Å². The lowest BCUT2D eigenvalue weighted by molar-refractivity contribution is -0.124. The fourth-order valence-electron chi connectivity index (χ4n) is 2.65. The number of carbonyl (C=O) groups is 1. The maximum absolute atomic E-state index is 11.4. The number of hydrogen-bond donors (Lipinski definition) is 2. The molecule has 3 heteroatoms. The zero-order chi connectivity index (χ0) is 14.5. The van der Waals surface area contributed by atoms with Crippen LogP contribution in [-0.2, 0) is 4.79 Å². The lowest BCUT2D eigenvalue weighted by Crippen LogP contribution is -2.31. The molecule has 0 heterocycles. The molecular formula is C16H33NO2. The predicted octanol–water partition coefficient (Wildman–Crippen LogP) is 3.64. The topological polar surface area (TPSA) is 63.3 Å². The van der Waals surface area contributed by atoms with Crippen molar-refractivity contribution in [2.45, 2.75) is 78.1 Å². The van der Waals surface area contributed by atoms with Gasteiger partial charge in [-0.3, -0.25) is 4.79 Å². The van der Waals surface area contributed by atoms with E-state index in [1.165, 1.54) is 44.9 Å². The largest absolute Gasteiger partial charge is 0.396 e. The van der Waals surface area contributed by atoms with Gasteiger partial charge in [0.2, 0.25) is 5.91 Å². The van der Waals surface area contributed by atoms with Crippen molar-refractivity contribution in [2.24, 2.45) is 17.6 Å². The molecule has 0 saturated heterocycles. The van der Waals surface area contributed by atoms with E-state index in [9.17, 15) is 9.90 Å². The summed E-state index contributed by atoms with van der Waals surface area (Å²) < 4.78 is 0. The highest BCUT2D eigenvalue weighted by atomic mass is 16.3. The van der Waals surface area contributed by atoms with Gasteiger partial charge in [-0.05, 0) is 12.3 Å². The van der Waals surface area contributed by atoms with Crippen LogP contribution in [0.25, 0.3) is 0 Å². The highest BCUT2D eigenvalue weighted by molar-refractivity contribution is 5.76. The smallest absolute Gasteiger partial charge is 0.220 e. The normalized spacial score (nSPS) is 14.3. The number of rotatable bonds is 13. The number of hydrogen-bond acceptors (Lipinski definition) is 2. The number of primary amides is 1. The molecule has 0 fully saturated rings. The number of amides is 1. The van der Waals surface area contributed by atoms with Crippen LogP contribution in [0.2, 0.25) is 0 Å². The zero-order valence-corrected chi connectivity index (χ0v) is 12.9. The summed E-state index contributed by atoms with van der Waals surface area (Å²) in [7, 11) is 0. The predicted molar refractivity (Wildman–Crippen MR) is 80.8 cm³/mol. The standard InChI is InChI=1S/C16H33NO2/c1-3-5-6-7-8-9-10-11-12-15(16(17)19)14(4-2)13-18/h14-15,18H,3-13H2,1-2H3,(H2,17,19). The van der Waals surface area contributed by atoms with E-state index in [2.05, 4.69) is 6.92 Å². The van der Waals surface area contributed by atoms with E-state index >= 15 is 0 Å². The van der Waals surface area contributed by atoms with Crippen LogP contribution in [0.4, 0.5) is 0 Å². The molecule has 0 aromatic carbocycles. The second kappa shape index (κ2) is 12.5. The van der Waals surface area contributed by atoms with E-state index in [-0.39, 0.29) is 24.3 Å². The molecule has 2 atom stereocenters. The van der Waals surface area contributed by atoms with Gasteiger partial charge in [0, 0.05) is 12.5 Å². The molecule has 3 N–H and O–H groups in total. The van der Waals surface area contributed by atoms with Gasteiger partial charge in [-0.1, -0.05) is 71.6 Å². The van der Waals surface area contributed by atoms with Crippen LogP contribution in [0.1, 0.15) is 78.1 Å². The van der Waals surface area contributed by atoms with Gasteiger partial charge >= 0.3 is 0 Å². The molecule has 0 spiro atoms. The van der Waals surface area contributed by atoms with Crippen molar-refractivity contribution in [2.75, 3.05) is 6.61 Å². The van der Waals surface area contributed by atoms with Crippen molar-refractivity contribution in [1.29, 1.82) is 0 Å². The molecule has 1 amide bonds. The first kappa shape index (κ1) is 18.4. The van der Waals surface area contributed by atoms with E-state index in [4.69, 9.17) is 5.73 Å². The van der Waals surface area contributed by atoms with Gasteiger partial charge in [-0.2, -0.15) is 0 Å². The minimum atomic E-state index is -0.246. The summed E-state index contributed by atoms with van der Waals surface area (Å²) in [6.45, 7) is 4.31. The third-order valence-electron chi connectivity index (χ3n) is 4.06. The number of aliphatic hydroxyl groups is 1. The van der Waals surface area contributed by atoms with Gasteiger partial charge in [-0.25, -0.2) is 0 Å². The van der Waals surface area contributed by atoms with Gasteiger partial charge in [0.15, 0.2) is 0 Å². The Morgan fingerprint density at radius 3 is 1.95 bits per heavy atom. The molecule has 0 saturated carbocycles. The third-order valence-corrected chi connectivity index (χ3v) is 4.06. The Kier molecular flexibility index (Phi) is 12.1. The zero-order valence-electron chi connectivity index (χ0n) is 12.9. The Balaban J connectivity index is 3.68. The molecule has 0 aromatic heterocycles. The van der Waals surface area contributed by atoms with Crippen LogP contribution in [0.5, 0.6) is 0 Å². The minimum Gasteiger partial charge on any atom is -0.396 e. The third kappa shape index (κ3) is 9.04. The summed E-state index contributed by atoms with van der Waals surface area (Å²) in [6.07, 6.45) is 11.8. The van der Waals surface area contributed by atoms with E-state index in [1.54, 1.807) is 0 Å². The van der Waals surface area contributed by atoms with Crippen molar-refractivity contribution in [3.8, 4) is 0 Å². The summed E-state index contributed by atoms with van der Waals surface area (Å²) in [4.78, 5) is 11.4. The summed E-state index contributed by atoms with van der Waals surface area (Å²) in [5, 5.41) is 9.26. The van der Waals surface area contributed by atoms with E-state index in [1.807, 2.05) is 6.92 Å². The van der Waals surface area contributed by atoms with Gasteiger partial charge in [0.25, 0.3) is 0 Å². The highest BCUT2D eigenvalue weighted by Crippen LogP contribution is 2.22. The Bertz CT molecular complexity index is 215. The molecule has 0 aliphatic carbocycles. The van der Waals surface area contributed by atoms with Gasteiger partial charge in [-0.15, -0.1) is 0 Å². The molecule has 0 bridgehead atoms. The second-order valence-corrected chi connectivity index (χ2v) is 5.62. The van der Waals surface area contributed by atoms with Gasteiger partial charge < -0.3 is 10.8 Å². The van der Waals surface area contributed by atoms with E-state index in [0.717, 1.165) is 19.3 Å². The fourth-order valence-corrected chi connectivity index (χ4v) is 2.65. The quantitative estimate of drug-likeness (QED) is 0.502. The Hall–Kier alpha value is -0.570. The van der Waals surface area contributed by atoms with Crippen molar-refractivity contribution in [3.63, 3.8) is 0 Å². The van der Waals surface area contributed by atoms with Crippen molar-refractivity contribution in [1.82, 2.24) is 0 Å². The maximum Gasteiger partial charge on any atom is 0.220 e. The van der Waals surface area contributed by atoms with Crippen molar-refractivity contribution < 1.29 is 9.90 Å². The summed E-state index contributed by atoms with van der Waals surface area (Å²) >= 11 is 0. The number of aliphatic hydroxyl groups excluding tert-OH is 1. The fraction of sp³-hybridized carbons (Fsp3) is 0.938. The lowest BCUT2D eigenvalue weighted by atomic mass is 9.85. The number of unbranched alkanes of at least 4 members (excludes halogenated alkanes) is 7. The summed E-state index contributed by atoms with van der Waals surface area (Å²) in [5.41, 5.74) is 5.43. The second-order valence-electron chi connectivity index (χ2n) is 5.62. The molecule has 0 radical (unpaired) electrons. The maximum atomic E-state index is 11.4. The molecule has 2 unspecified atom stereocenters. The van der Waals surface area contributed by atoms with Crippen LogP contribution in [0.3, 0.4) is 0 Å². The molecule has 19 heavy (non-hydrogen) atoms. The molecule has 3 nitrogen and oxygen atoms in total. The highest BCUT2D eigenvalue weighted by Gasteiger charge is 2.23. The lowest BCUT2D eigenvalue weighted by Gasteiger charge is -2.21. The Labute approximate surface area is 119 Å². The molecule has 114 valence electrons. The average Bonchev–Trinajstić information content (AvgIpc) is 2.40. The molecule has 0 aliphatic rings. The van der Waals surface area contributed by atoms with E-state index in [0.29, 0.717) is 0 Å². The summed E-state index contributed by atoms with van der Waals surface area (Å²) in [5.74, 6) is -0.346. The minimum absolute atomic E-state index is 0.0436. The Morgan fingerprint density at radius 2 is 1.53 bits per heavy atom. The first-order valence-corrected chi connectivity index (χ1v) is 8.07. The number of carbonyl (C=O) groups excluding carboxylic acids is 1. The SMILES string of the molecule is CCCCCCCCCCC(C(N)=O)C(CC)CO. The van der Waals surface area contributed by atoms with Crippen LogP contribution >= 0.6 is 0 Å². The summed E-state index contributed by atoms with van der Waals surface area (Å²) in [6, 6.07) is 0. The average molecular weight is 271 g/mol. The first-order chi connectivity index (χ1) is 9.17.